The Balaban J connectivity index is 2.55. The molecule has 8 heteroatoms. The summed E-state index contributed by atoms with van der Waals surface area (Å²) in [5.41, 5.74) is -0.0127. The van der Waals surface area contributed by atoms with Crippen LogP contribution < -0.4 is 5.32 Å². The van der Waals surface area contributed by atoms with Crippen LogP contribution in [-0.4, -0.2) is 23.2 Å². The Kier molecular flexibility index (Phi) is 3.53. The monoisotopic (exact) mass is 253 g/mol. The normalized spacial score (nSPS) is 11.2. The molecule has 0 radical (unpaired) electrons. The molecule has 16 heavy (non-hydrogen) atoms. The van der Waals surface area contributed by atoms with E-state index in [1.54, 1.807) is 5.32 Å². The summed E-state index contributed by atoms with van der Waals surface area (Å²) in [4.78, 5) is 21.2. The van der Waals surface area contributed by atoms with E-state index in [2.05, 4.69) is 0 Å². The zero-order chi connectivity index (χ0) is 12.3. The van der Waals surface area contributed by atoms with Crippen molar-refractivity contribution in [2.75, 3.05) is 0 Å². The Morgan fingerprint density at radius 3 is 2.50 bits per heavy atom. The minimum Gasteiger partial charge on any atom is -0.478 e. The molecule has 0 spiro atoms. The third-order valence-electron chi connectivity index (χ3n) is 1.58. The van der Waals surface area contributed by atoms with Crippen LogP contribution in [0.5, 0.6) is 0 Å². The van der Waals surface area contributed by atoms with Crippen molar-refractivity contribution in [2.45, 2.75) is 12.7 Å². The molecule has 1 aromatic rings. The second-order valence-corrected chi connectivity index (χ2v) is 3.78. The van der Waals surface area contributed by atoms with Crippen molar-refractivity contribution in [3.05, 3.63) is 21.9 Å². The first kappa shape index (κ1) is 12.5. The number of nitrogens with one attached hydrogen (secondary N) is 1. The zero-order valence-electron chi connectivity index (χ0n) is 7.67. The number of carboxylic acid groups (broad SMARTS) is 1. The molecule has 0 aliphatic rings. The lowest BCUT2D eigenvalue weighted by Crippen LogP contribution is -2.36. The molecule has 88 valence electrons. The molecule has 0 aliphatic heterocycles. The summed E-state index contributed by atoms with van der Waals surface area (Å²) in [6.45, 7) is -0.337. The highest BCUT2D eigenvalue weighted by molar-refractivity contribution is 7.10. The van der Waals surface area contributed by atoms with E-state index >= 15 is 0 Å². The Bertz CT molecular complexity index is 413. The summed E-state index contributed by atoms with van der Waals surface area (Å²) in [5, 5.41) is 11.5. The Morgan fingerprint density at radius 2 is 2.06 bits per heavy atom. The van der Waals surface area contributed by atoms with E-state index in [0.717, 1.165) is 11.3 Å². The fourth-order valence-corrected chi connectivity index (χ4v) is 1.65. The number of carbonyl (C=O) groups is 2. The second-order valence-electron chi connectivity index (χ2n) is 2.79. The molecule has 1 rings (SSSR count). The van der Waals surface area contributed by atoms with E-state index in [1.807, 2.05) is 0 Å². The van der Waals surface area contributed by atoms with Gasteiger partial charge in [0.25, 0.3) is 0 Å². The molecule has 0 atom stereocenters. The third kappa shape index (κ3) is 3.23. The number of carboxylic acids is 1. The number of alkyl halides is 3. The number of halogens is 3. The molecule has 0 fully saturated rings. The summed E-state index contributed by atoms with van der Waals surface area (Å²) >= 11 is 0.968. The lowest BCUT2D eigenvalue weighted by molar-refractivity contribution is -0.173. The summed E-state index contributed by atoms with van der Waals surface area (Å²) in [7, 11) is 0. The summed E-state index contributed by atoms with van der Waals surface area (Å²) in [5.74, 6) is -3.21. The van der Waals surface area contributed by atoms with Gasteiger partial charge < -0.3 is 10.4 Å². The number of hydrogen-bond donors (Lipinski definition) is 2. The lowest BCUT2D eigenvalue weighted by Gasteiger charge is -2.05. The Labute approximate surface area is 91.7 Å². The smallest absolute Gasteiger partial charge is 0.471 e. The minimum absolute atomic E-state index is 0.0127. The van der Waals surface area contributed by atoms with E-state index in [0.29, 0.717) is 4.88 Å². The van der Waals surface area contributed by atoms with Gasteiger partial charge in [-0.05, 0) is 6.07 Å². The topological polar surface area (TPSA) is 66.4 Å². The minimum atomic E-state index is -4.92. The first-order chi connectivity index (χ1) is 7.30. The number of amides is 1. The zero-order valence-corrected chi connectivity index (χ0v) is 8.48. The van der Waals surface area contributed by atoms with Gasteiger partial charge >= 0.3 is 18.1 Å². The van der Waals surface area contributed by atoms with Crippen LogP contribution in [0.2, 0.25) is 0 Å². The van der Waals surface area contributed by atoms with Gasteiger partial charge in [-0.2, -0.15) is 13.2 Å². The summed E-state index contributed by atoms with van der Waals surface area (Å²) in [6, 6.07) is 1.21. The number of hydrogen-bond acceptors (Lipinski definition) is 3. The molecule has 4 nitrogen and oxygen atoms in total. The maximum atomic E-state index is 11.8. The van der Waals surface area contributed by atoms with Crippen molar-refractivity contribution < 1.29 is 27.9 Å². The van der Waals surface area contributed by atoms with Gasteiger partial charge in [-0.3, -0.25) is 4.79 Å². The fourth-order valence-electron chi connectivity index (χ4n) is 0.853. The van der Waals surface area contributed by atoms with Crippen molar-refractivity contribution in [1.82, 2.24) is 5.32 Å². The van der Waals surface area contributed by atoms with Crippen molar-refractivity contribution in [1.29, 1.82) is 0 Å². The average molecular weight is 253 g/mol. The van der Waals surface area contributed by atoms with Crippen LogP contribution in [0, 0.1) is 0 Å². The lowest BCUT2D eigenvalue weighted by atomic mass is 10.3. The van der Waals surface area contributed by atoms with E-state index in [1.165, 1.54) is 11.4 Å². The van der Waals surface area contributed by atoms with Crippen molar-refractivity contribution in [3.63, 3.8) is 0 Å². The van der Waals surface area contributed by atoms with Crippen LogP contribution >= 0.6 is 11.3 Å². The molecule has 0 unspecified atom stereocenters. The first-order valence-corrected chi connectivity index (χ1v) is 4.84. The first-order valence-electron chi connectivity index (χ1n) is 3.96. The van der Waals surface area contributed by atoms with Crippen LogP contribution in [0.25, 0.3) is 0 Å². The van der Waals surface area contributed by atoms with Gasteiger partial charge in [-0.25, -0.2) is 4.79 Å². The SMILES string of the molecule is O=C(O)c1csc(CNC(=O)C(F)(F)F)c1. The van der Waals surface area contributed by atoms with E-state index in [9.17, 15) is 22.8 Å². The van der Waals surface area contributed by atoms with Gasteiger partial charge in [0.2, 0.25) is 0 Å². The standard InChI is InChI=1S/C8H6F3NO3S/c9-8(10,11)7(15)12-2-5-1-4(3-16-5)6(13)14/h1,3H,2H2,(H,12,15)(H,13,14). The summed E-state index contributed by atoms with van der Waals surface area (Å²) in [6.07, 6.45) is -4.92. The molecular formula is C8H6F3NO3S. The third-order valence-corrected chi connectivity index (χ3v) is 2.52. The van der Waals surface area contributed by atoms with Crippen LogP contribution in [0.4, 0.5) is 13.2 Å². The fraction of sp³-hybridized carbons (Fsp3) is 0.250. The number of rotatable bonds is 3. The number of thiophene rings is 1. The van der Waals surface area contributed by atoms with Gasteiger partial charge in [0.05, 0.1) is 12.1 Å². The highest BCUT2D eigenvalue weighted by atomic mass is 32.1. The van der Waals surface area contributed by atoms with Gasteiger partial charge in [-0.1, -0.05) is 0 Å². The molecule has 0 bridgehead atoms. The van der Waals surface area contributed by atoms with Crippen LogP contribution in [-0.2, 0) is 11.3 Å². The predicted octanol–water partition coefficient (Wildman–Crippen LogP) is 1.62. The van der Waals surface area contributed by atoms with Gasteiger partial charge in [0, 0.05) is 10.3 Å². The highest BCUT2D eigenvalue weighted by Gasteiger charge is 2.38. The maximum absolute atomic E-state index is 11.8. The molecule has 0 saturated carbocycles. The molecule has 1 aromatic heterocycles. The molecule has 0 aromatic carbocycles. The number of carbonyl (C=O) groups excluding carboxylic acids is 1. The van der Waals surface area contributed by atoms with Crippen molar-refractivity contribution >= 4 is 23.2 Å². The van der Waals surface area contributed by atoms with Gasteiger partial charge in [0.15, 0.2) is 0 Å². The highest BCUT2D eigenvalue weighted by Crippen LogP contribution is 2.17. The van der Waals surface area contributed by atoms with Crippen LogP contribution in [0.3, 0.4) is 0 Å². The van der Waals surface area contributed by atoms with Crippen LogP contribution in [0.1, 0.15) is 15.2 Å². The molecule has 0 aliphatic carbocycles. The average Bonchev–Trinajstić information content (AvgIpc) is 2.60. The molecule has 0 saturated heterocycles. The largest absolute Gasteiger partial charge is 0.478 e. The second kappa shape index (κ2) is 4.52. The maximum Gasteiger partial charge on any atom is 0.471 e. The number of aromatic carboxylic acids is 1. The van der Waals surface area contributed by atoms with Crippen molar-refractivity contribution in [2.24, 2.45) is 0 Å². The quantitative estimate of drug-likeness (QED) is 0.860. The molecule has 1 amide bonds. The Hall–Kier alpha value is -1.57. The van der Waals surface area contributed by atoms with Crippen LogP contribution in [0.15, 0.2) is 11.4 Å². The Morgan fingerprint density at radius 1 is 1.44 bits per heavy atom. The van der Waals surface area contributed by atoms with E-state index in [4.69, 9.17) is 5.11 Å². The molecule has 2 N–H and O–H groups in total. The van der Waals surface area contributed by atoms with Gasteiger partial charge in [0.1, 0.15) is 0 Å². The predicted molar refractivity (Wildman–Crippen MR) is 49.2 cm³/mol. The van der Waals surface area contributed by atoms with Gasteiger partial charge in [-0.15, -0.1) is 11.3 Å². The van der Waals surface area contributed by atoms with E-state index in [-0.39, 0.29) is 12.1 Å². The molecule has 1 heterocycles. The van der Waals surface area contributed by atoms with E-state index < -0.39 is 18.1 Å². The van der Waals surface area contributed by atoms with Crippen molar-refractivity contribution in [3.8, 4) is 0 Å². The summed E-state index contributed by atoms with van der Waals surface area (Å²) < 4.78 is 35.3. The molecular weight excluding hydrogens is 247 g/mol.